The minimum absolute atomic E-state index is 0.352. The van der Waals surface area contributed by atoms with Gasteiger partial charge in [0.15, 0.2) is 0 Å². The highest BCUT2D eigenvalue weighted by Gasteiger charge is 2.31. The van der Waals surface area contributed by atoms with E-state index in [1.165, 1.54) is 51.4 Å². The Morgan fingerprint density at radius 3 is 2.21 bits per heavy atom. The number of hydrogen-bond acceptors (Lipinski definition) is 2. The van der Waals surface area contributed by atoms with Gasteiger partial charge in [-0.3, -0.25) is 0 Å². The Kier molecular flexibility index (Phi) is 8.01. The van der Waals surface area contributed by atoms with Crippen LogP contribution in [0.3, 0.4) is 0 Å². The summed E-state index contributed by atoms with van der Waals surface area (Å²) in [4.78, 5) is 0. The molecule has 0 aromatic heterocycles. The first-order chi connectivity index (χ1) is 9.10. The molecule has 0 aliphatic heterocycles. The number of aliphatic hydroxyl groups is 1. The molecule has 1 aliphatic rings. The van der Waals surface area contributed by atoms with Crippen LogP contribution in [0.5, 0.6) is 0 Å². The van der Waals surface area contributed by atoms with E-state index in [1.807, 2.05) is 0 Å². The molecule has 0 bridgehead atoms. The van der Waals surface area contributed by atoms with Crippen molar-refractivity contribution in [1.29, 1.82) is 0 Å². The SMILES string of the molecule is CCC(C)(C)C1CCC(NCCCCCCO)CC1. The smallest absolute Gasteiger partial charge is 0.0431 e. The Hall–Kier alpha value is -0.0800. The summed E-state index contributed by atoms with van der Waals surface area (Å²) < 4.78 is 0. The Bertz CT molecular complexity index is 219. The van der Waals surface area contributed by atoms with Crippen LogP contribution in [-0.2, 0) is 0 Å². The van der Waals surface area contributed by atoms with Crippen LogP contribution in [0.4, 0.5) is 0 Å². The summed E-state index contributed by atoms with van der Waals surface area (Å²) in [6, 6.07) is 0.766. The molecule has 0 amide bonds. The largest absolute Gasteiger partial charge is 0.396 e. The minimum Gasteiger partial charge on any atom is -0.396 e. The average Bonchev–Trinajstić information content (AvgIpc) is 2.43. The maximum absolute atomic E-state index is 8.72. The third-order valence-electron chi connectivity index (χ3n) is 5.26. The lowest BCUT2D eigenvalue weighted by atomic mass is 9.69. The molecule has 2 nitrogen and oxygen atoms in total. The Balaban J connectivity index is 2.07. The van der Waals surface area contributed by atoms with Crippen molar-refractivity contribution in [2.24, 2.45) is 11.3 Å². The predicted octanol–water partition coefficient (Wildman–Crippen LogP) is 4.12. The molecule has 1 rings (SSSR count). The van der Waals surface area contributed by atoms with E-state index < -0.39 is 0 Å². The second-order valence-corrected chi connectivity index (χ2v) is 6.98. The van der Waals surface area contributed by atoms with Crippen molar-refractivity contribution in [2.75, 3.05) is 13.2 Å². The molecule has 19 heavy (non-hydrogen) atoms. The van der Waals surface area contributed by atoms with Crippen LogP contribution in [0.25, 0.3) is 0 Å². The quantitative estimate of drug-likeness (QED) is 0.617. The second-order valence-electron chi connectivity index (χ2n) is 6.98. The second kappa shape index (κ2) is 8.97. The third-order valence-corrected chi connectivity index (χ3v) is 5.26. The number of hydrogen-bond donors (Lipinski definition) is 2. The van der Waals surface area contributed by atoms with Crippen molar-refractivity contribution < 1.29 is 5.11 Å². The van der Waals surface area contributed by atoms with Gasteiger partial charge in [0.25, 0.3) is 0 Å². The minimum atomic E-state index is 0.352. The molecule has 0 aromatic rings. The van der Waals surface area contributed by atoms with Crippen LogP contribution in [0.15, 0.2) is 0 Å². The lowest BCUT2D eigenvalue weighted by Crippen LogP contribution is -2.37. The van der Waals surface area contributed by atoms with E-state index in [1.54, 1.807) is 0 Å². The summed E-state index contributed by atoms with van der Waals surface area (Å²) in [5.41, 5.74) is 0.537. The molecule has 1 fully saturated rings. The summed E-state index contributed by atoms with van der Waals surface area (Å²) in [5, 5.41) is 12.4. The van der Waals surface area contributed by atoms with Gasteiger partial charge >= 0.3 is 0 Å². The first-order valence-electron chi connectivity index (χ1n) is 8.44. The highest BCUT2D eigenvalue weighted by molar-refractivity contribution is 4.84. The van der Waals surface area contributed by atoms with E-state index in [9.17, 15) is 0 Å². The fourth-order valence-corrected chi connectivity index (χ4v) is 3.26. The molecule has 0 heterocycles. The normalized spacial score (nSPS) is 24.6. The van der Waals surface area contributed by atoms with Crippen LogP contribution in [-0.4, -0.2) is 24.3 Å². The summed E-state index contributed by atoms with van der Waals surface area (Å²) in [6.45, 7) is 8.72. The number of nitrogens with one attached hydrogen (secondary N) is 1. The lowest BCUT2D eigenvalue weighted by Gasteiger charge is -2.39. The van der Waals surface area contributed by atoms with Crippen LogP contribution in [0.1, 0.15) is 78.6 Å². The van der Waals surface area contributed by atoms with E-state index >= 15 is 0 Å². The molecule has 2 N–H and O–H groups in total. The van der Waals surface area contributed by atoms with Gasteiger partial charge in [0, 0.05) is 12.6 Å². The van der Waals surface area contributed by atoms with E-state index in [0.717, 1.165) is 24.9 Å². The number of unbranched alkanes of at least 4 members (excludes halogenated alkanes) is 3. The summed E-state index contributed by atoms with van der Waals surface area (Å²) >= 11 is 0. The standard InChI is InChI=1S/C17H35NO/c1-4-17(2,3)15-9-11-16(12-10-15)18-13-7-5-6-8-14-19/h15-16,18-19H,4-14H2,1-3H3. The van der Waals surface area contributed by atoms with E-state index in [-0.39, 0.29) is 0 Å². The van der Waals surface area contributed by atoms with Crippen molar-refractivity contribution in [3.63, 3.8) is 0 Å². The van der Waals surface area contributed by atoms with Gasteiger partial charge in [-0.2, -0.15) is 0 Å². The Morgan fingerprint density at radius 2 is 1.63 bits per heavy atom. The summed E-state index contributed by atoms with van der Waals surface area (Å²) in [5.74, 6) is 0.931. The average molecular weight is 269 g/mol. The zero-order valence-electron chi connectivity index (χ0n) is 13.4. The molecule has 0 spiro atoms. The molecule has 0 saturated heterocycles. The molecule has 1 saturated carbocycles. The molecule has 114 valence electrons. The van der Waals surface area contributed by atoms with Gasteiger partial charge in [-0.05, 0) is 56.4 Å². The van der Waals surface area contributed by atoms with Gasteiger partial charge < -0.3 is 10.4 Å². The fourth-order valence-electron chi connectivity index (χ4n) is 3.26. The lowest BCUT2D eigenvalue weighted by molar-refractivity contribution is 0.137. The topological polar surface area (TPSA) is 32.3 Å². The highest BCUT2D eigenvalue weighted by Crippen LogP contribution is 2.40. The monoisotopic (exact) mass is 269 g/mol. The maximum atomic E-state index is 8.72. The first-order valence-corrected chi connectivity index (χ1v) is 8.44. The van der Waals surface area contributed by atoms with Crippen LogP contribution in [0.2, 0.25) is 0 Å². The maximum Gasteiger partial charge on any atom is 0.0431 e. The third kappa shape index (κ3) is 6.27. The van der Waals surface area contributed by atoms with Crippen molar-refractivity contribution in [1.82, 2.24) is 5.32 Å². The van der Waals surface area contributed by atoms with Crippen LogP contribution >= 0.6 is 0 Å². The predicted molar refractivity (Wildman–Crippen MR) is 83.4 cm³/mol. The zero-order chi connectivity index (χ0) is 14.1. The summed E-state index contributed by atoms with van der Waals surface area (Å²) in [6.07, 6.45) is 11.5. The molecule has 0 aromatic carbocycles. The Labute approximate surface area is 120 Å². The van der Waals surface area contributed by atoms with Crippen molar-refractivity contribution in [3.05, 3.63) is 0 Å². The molecule has 0 atom stereocenters. The fraction of sp³-hybridized carbons (Fsp3) is 1.00. The number of aliphatic hydroxyl groups excluding tert-OH is 1. The van der Waals surface area contributed by atoms with Gasteiger partial charge in [-0.1, -0.05) is 40.0 Å². The van der Waals surface area contributed by atoms with Crippen LogP contribution in [0, 0.1) is 11.3 Å². The summed E-state index contributed by atoms with van der Waals surface area (Å²) in [7, 11) is 0. The van der Waals surface area contributed by atoms with Gasteiger partial charge in [0.05, 0.1) is 0 Å². The van der Waals surface area contributed by atoms with Gasteiger partial charge in [0.2, 0.25) is 0 Å². The van der Waals surface area contributed by atoms with Gasteiger partial charge in [-0.15, -0.1) is 0 Å². The van der Waals surface area contributed by atoms with Gasteiger partial charge in [0.1, 0.15) is 0 Å². The molecule has 1 aliphatic carbocycles. The molecule has 0 unspecified atom stereocenters. The molecule has 2 heteroatoms. The van der Waals surface area contributed by atoms with Crippen molar-refractivity contribution in [2.45, 2.75) is 84.6 Å². The van der Waals surface area contributed by atoms with E-state index in [2.05, 4.69) is 26.1 Å². The molecular weight excluding hydrogens is 234 g/mol. The highest BCUT2D eigenvalue weighted by atomic mass is 16.2. The Morgan fingerprint density at radius 1 is 1.00 bits per heavy atom. The van der Waals surface area contributed by atoms with Gasteiger partial charge in [-0.25, -0.2) is 0 Å². The number of rotatable bonds is 9. The zero-order valence-corrected chi connectivity index (χ0v) is 13.4. The van der Waals surface area contributed by atoms with E-state index in [4.69, 9.17) is 5.11 Å². The molecule has 0 radical (unpaired) electrons. The van der Waals surface area contributed by atoms with E-state index in [0.29, 0.717) is 12.0 Å². The molecular formula is C17H35NO. The van der Waals surface area contributed by atoms with Crippen LogP contribution < -0.4 is 5.32 Å². The van der Waals surface area contributed by atoms with Crippen molar-refractivity contribution in [3.8, 4) is 0 Å². The van der Waals surface area contributed by atoms with Crippen molar-refractivity contribution >= 4 is 0 Å². The first kappa shape index (κ1) is 17.0.